The Balaban J connectivity index is 2.53. The monoisotopic (exact) mass is 308 g/mol. The molecule has 0 amide bonds. The molecule has 0 fully saturated rings. The van der Waals surface area contributed by atoms with Gasteiger partial charge in [-0.2, -0.15) is 0 Å². The van der Waals surface area contributed by atoms with Crippen molar-refractivity contribution in [2.24, 2.45) is 0 Å². The second-order valence-electron chi connectivity index (χ2n) is 4.74. The summed E-state index contributed by atoms with van der Waals surface area (Å²) in [6.07, 6.45) is 0. The van der Waals surface area contributed by atoms with Crippen LogP contribution in [-0.2, 0) is 0 Å². The van der Waals surface area contributed by atoms with Crippen molar-refractivity contribution in [2.75, 3.05) is 0 Å². The first-order valence-electron chi connectivity index (χ1n) is 5.17. The number of thiophene rings is 1. The van der Waals surface area contributed by atoms with Crippen molar-refractivity contribution in [3.8, 4) is 11.5 Å². The van der Waals surface area contributed by atoms with Crippen molar-refractivity contribution in [2.45, 2.75) is 19.6 Å². The molecule has 2 rings (SSSR count). The highest BCUT2D eigenvalue weighted by Crippen LogP contribution is 2.34. The lowest BCUT2D eigenvalue weighted by molar-refractivity contribution is 1.79. The number of rotatable bonds is 0. The van der Waals surface area contributed by atoms with Gasteiger partial charge in [0.2, 0.25) is 0 Å². The maximum Gasteiger partial charge on any atom is 0.129 e. The molecule has 0 aliphatic rings. The van der Waals surface area contributed by atoms with E-state index in [9.17, 15) is 0 Å². The second kappa shape index (κ2) is 4.36. The van der Waals surface area contributed by atoms with Crippen LogP contribution in [0.1, 0.15) is 4.88 Å². The molecule has 0 N–H and O–H groups in total. The van der Waals surface area contributed by atoms with Gasteiger partial charge >= 0.3 is 0 Å². The molecule has 0 spiro atoms. The quantitative estimate of drug-likeness (QED) is 0.480. The third-order valence-electron chi connectivity index (χ3n) is 2.09. The average molecular weight is 309 g/mol. The number of hydrogen-bond donors (Lipinski definition) is 0. The van der Waals surface area contributed by atoms with Crippen LogP contribution in [0.3, 0.4) is 0 Å². The Bertz CT molecular complexity index is 581. The van der Waals surface area contributed by atoms with E-state index in [1.807, 2.05) is 0 Å². The molecule has 0 atom stereocenters. The summed E-state index contributed by atoms with van der Waals surface area (Å²) in [6, 6.07) is 8.41. The van der Waals surface area contributed by atoms with Crippen LogP contribution in [0.2, 0.25) is 19.6 Å². The number of hydrogen-bond acceptors (Lipinski definition) is 1. The highest BCUT2D eigenvalue weighted by atomic mass is 79.9. The lowest BCUT2D eigenvalue weighted by Gasteiger charge is -2.02. The van der Waals surface area contributed by atoms with E-state index in [-0.39, 0.29) is 0 Å². The van der Waals surface area contributed by atoms with Crippen LogP contribution in [0.4, 0.5) is 0 Å². The molecule has 0 aliphatic heterocycles. The van der Waals surface area contributed by atoms with E-state index in [0.717, 1.165) is 9.35 Å². The van der Waals surface area contributed by atoms with Gasteiger partial charge in [0, 0.05) is 10.1 Å². The fourth-order valence-electron chi connectivity index (χ4n) is 1.34. The first kappa shape index (κ1) is 11.9. The zero-order valence-corrected chi connectivity index (χ0v) is 13.0. The predicted molar refractivity (Wildman–Crippen MR) is 79.7 cm³/mol. The van der Waals surface area contributed by atoms with Gasteiger partial charge in [0.25, 0.3) is 0 Å². The van der Waals surface area contributed by atoms with E-state index >= 15 is 0 Å². The van der Waals surface area contributed by atoms with Crippen molar-refractivity contribution in [3.05, 3.63) is 33.6 Å². The van der Waals surface area contributed by atoms with E-state index in [0.29, 0.717) is 0 Å². The molecular formula is C13H13BrSSi. The normalized spacial score (nSPS) is 11.2. The predicted octanol–water partition coefficient (Wildman–Crippen LogP) is 4.89. The minimum absolute atomic E-state index is 1.15. The SMILES string of the molecule is C[Si](C)(C)C#Cc1sc2ccccc2c1Br. The van der Waals surface area contributed by atoms with Gasteiger partial charge in [-0.3, -0.25) is 0 Å². The molecule has 1 aromatic heterocycles. The molecule has 16 heavy (non-hydrogen) atoms. The lowest BCUT2D eigenvalue weighted by Crippen LogP contribution is -2.16. The van der Waals surface area contributed by atoms with Gasteiger partial charge in [-0.05, 0) is 22.0 Å². The van der Waals surface area contributed by atoms with Gasteiger partial charge in [-0.25, -0.2) is 0 Å². The zero-order chi connectivity index (χ0) is 11.8. The van der Waals surface area contributed by atoms with Crippen molar-refractivity contribution >= 4 is 45.4 Å². The topological polar surface area (TPSA) is 0 Å². The molecule has 1 aromatic carbocycles. The van der Waals surface area contributed by atoms with E-state index in [1.54, 1.807) is 11.3 Å². The number of fused-ring (bicyclic) bond motifs is 1. The Labute approximate surface area is 110 Å². The second-order valence-corrected chi connectivity index (χ2v) is 11.3. The molecule has 0 aliphatic carbocycles. The molecular weight excluding hydrogens is 296 g/mol. The maximum absolute atomic E-state index is 3.64. The van der Waals surface area contributed by atoms with Gasteiger partial charge in [0.1, 0.15) is 8.07 Å². The summed E-state index contributed by atoms with van der Waals surface area (Å²) in [7, 11) is -1.29. The summed E-state index contributed by atoms with van der Waals surface area (Å²) in [6.45, 7) is 6.80. The van der Waals surface area contributed by atoms with Gasteiger partial charge in [-0.15, -0.1) is 16.9 Å². The summed E-state index contributed by atoms with van der Waals surface area (Å²) in [5, 5.41) is 1.27. The van der Waals surface area contributed by atoms with Gasteiger partial charge in [-0.1, -0.05) is 43.8 Å². The van der Waals surface area contributed by atoms with Gasteiger partial charge < -0.3 is 0 Å². The van der Waals surface area contributed by atoms with Crippen molar-refractivity contribution in [1.82, 2.24) is 0 Å². The summed E-state index contributed by atoms with van der Waals surface area (Å²) in [4.78, 5) is 1.16. The van der Waals surface area contributed by atoms with Gasteiger partial charge in [0.15, 0.2) is 0 Å². The Morgan fingerprint density at radius 3 is 2.50 bits per heavy atom. The van der Waals surface area contributed by atoms with Crippen LogP contribution in [0.25, 0.3) is 10.1 Å². The number of halogens is 1. The van der Waals surface area contributed by atoms with E-state index in [4.69, 9.17) is 0 Å². The highest BCUT2D eigenvalue weighted by molar-refractivity contribution is 9.10. The van der Waals surface area contributed by atoms with Crippen LogP contribution in [0.5, 0.6) is 0 Å². The number of benzene rings is 1. The van der Waals surface area contributed by atoms with E-state index < -0.39 is 8.07 Å². The largest absolute Gasteiger partial charge is 0.129 e. The minimum Gasteiger partial charge on any atom is -0.126 e. The zero-order valence-electron chi connectivity index (χ0n) is 9.60. The fourth-order valence-corrected chi connectivity index (χ4v) is 3.70. The van der Waals surface area contributed by atoms with Crippen molar-refractivity contribution in [3.63, 3.8) is 0 Å². The molecule has 0 nitrogen and oxygen atoms in total. The third-order valence-corrected chi connectivity index (χ3v) is 5.13. The highest BCUT2D eigenvalue weighted by Gasteiger charge is 2.10. The molecule has 0 saturated carbocycles. The molecule has 0 radical (unpaired) electrons. The third kappa shape index (κ3) is 2.57. The Morgan fingerprint density at radius 1 is 1.19 bits per heavy atom. The molecule has 0 bridgehead atoms. The minimum atomic E-state index is -1.29. The molecule has 3 heteroatoms. The molecule has 82 valence electrons. The average Bonchev–Trinajstić information content (AvgIpc) is 2.53. The van der Waals surface area contributed by atoms with Crippen LogP contribution in [-0.4, -0.2) is 8.07 Å². The van der Waals surface area contributed by atoms with E-state index in [1.165, 1.54) is 10.1 Å². The van der Waals surface area contributed by atoms with Crippen molar-refractivity contribution < 1.29 is 0 Å². The standard InChI is InChI=1S/C13H13BrSSi/c1-16(2,3)9-8-12-13(14)10-6-4-5-7-11(10)15-12/h4-7H,1-3H3. The lowest BCUT2D eigenvalue weighted by atomic mass is 10.2. The first-order chi connectivity index (χ1) is 7.47. The molecule has 2 aromatic rings. The molecule has 0 saturated heterocycles. The Morgan fingerprint density at radius 2 is 1.88 bits per heavy atom. The van der Waals surface area contributed by atoms with Gasteiger partial charge in [0.05, 0.1) is 9.35 Å². The van der Waals surface area contributed by atoms with Crippen LogP contribution < -0.4 is 0 Å². The van der Waals surface area contributed by atoms with Crippen LogP contribution in [0, 0.1) is 11.5 Å². The molecule has 0 unspecified atom stereocenters. The summed E-state index contributed by atoms with van der Waals surface area (Å²) < 4.78 is 2.45. The Kier molecular flexibility index (Phi) is 3.25. The Hall–Kier alpha value is -0.563. The van der Waals surface area contributed by atoms with Crippen LogP contribution >= 0.6 is 27.3 Å². The summed E-state index contributed by atoms with van der Waals surface area (Å²) in [5.74, 6) is 3.33. The van der Waals surface area contributed by atoms with E-state index in [2.05, 4.69) is 71.3 Å². The molecule has 1 heterocycles. The fraction of sp³-hybridized carbons (Fsp3) is 0.231. The smallest absolute Gasteiger partial charge is 0.126 e. The van der Waals surface area contributed by atoms with Crippen LogP contribution in [0.15, 0.2) is 28.7 Å². The van der Waals surface area contributed by atoms with Crippen molar-refractivity contribution in [1.29, 1.82) is 0 Å². The first-order valence-corrected chi connectivity index (χ1v) is 10.3. The summed E-state index contributed by atoms with van der Waals surface area (Å²) >= 11 is 5.41. The maximum atomic E-state index is 3.64. The summed E-state index contributed by atoms with van der Waals surface area (Å²) in [5.41, 5.74) is 3.41.